The number of ether oxygens (including phenoxy) is 2. The Bertz CT molecular complexity index is 303. The van der Waals surface area contributed by atoms with E-state index in [0.29, 0.717) is 13.0 Å². The van der Waals surface area contributed by atoms with Gasteiger partial charge in [-0.1, -0.05) is 29.8 Å². The maximum absolute atomic E-state index is 11.7. The van der Waals surface area contributed by atoms with E-state index in [9.17, 15) is 4.79 Å². The summed E-state index contributed by atoms with van der Waals surface area (Å²) in [7, 11) is 0. The number of carbonyl (C=O) groups excluding carboxylic acids is 1. The van der Waals surface area contributed by atoms with E-state index in [-0.39, 0.29) is 17.0 Å². The fourth-order valence-electron chi connectivity index (χ4n) is 1.60. The molecule has 0 heterocycles. The molecule has 0 fully saturated rings. The highest BCUT2D eigenvalue weighted by Gasteiger charge is 2.24. The minimum Gasteiger partial charge on any atom is -0.460 e. The van der Waals surface area contributed by atoms with E-state index >= 15 is 0 Å². The van der Waals surface area contributed by atoms with Crippen molar-refractivity contribution in [2.45, 2.75) is 78.9 Å². The first-order valence-electron chi connectivity index (χ1n) is 7.29. The molecule has 0 N–H and O–H groups in total. The summed E-state index contributed by atoms with van der Waals surface area (Å²) in [6.45, 7) is 14.9. The monoisotopic (exact) mass is 350 g/mol. The maximum atomic E-state index is 11.7. The van der Waals surface area contributed by atoms with Gasteiger partial charge in [-0.05, 0) is 52.9 Å². The van der Waals surface area contributed by atoms with Crippen molar-refractivity contribution in [3.05, 3.63) is 0 Å². The van der Waals surface area contributed by atoms with Gasteiger partial charge in [0.2, 0.25) is 0 Å². The second-order valence-corrected chi connectivity index (χ2v) is 8.30. The third-order valence-corrected chi connectivity index (χ3v) is 4.37. The fourth-order valence-corrected chi connectivity index (χ4v) is 1.76. The molecule has 0 amide bonds. The second-order valence-electron chi connectivity index (χ2n) is 7.74. The van der Waals surface area contributed by atoms with Crippen molar-refractivity contribution in [3.8, 4) is 0 Å². The highest BCUT2D eigenvalue weighted by Crippen LogP contribution is 2.28. The van der Waals surface area contributed by atoms with E-state index in [1.165, 1.54) is 0 Å². The Kier molecular flexibility index (Phi) is 7.75. The molecule has 3 nitrogen and oxygen atoms in total. The van der Waals surface area contributed by atoms with Crippen LogP contribution in [0.5, 0.6) is 0 Å². The summed E-state index contributed by atoms with van der Waals surface area (Å²) >= 11 is 3.44. The van der Waals surface area contributed by atoms with Crippen LogP contribution in [0.25, 0.3) is 0 Å². The van der Waals surface area contributed by atoms with Gasteiger partial charge in [-0.15, -0.1) is 0 Å². The maximum Gasteiger partial charge on any atom is 0.306 e. The van der Waals surface area contributed by atoms with Crippen LogP contribution in [0.2, 0.25) is 0 Å². The zero-order chi connectivity index (χ0) is 16.0. The van der Waals surface area contributed by atoms with E-state index in [0.717, 1.165) is 18.2 Å². The molecular weight excluding hydrogens is 320 g/mol. The molecule has 0 aliphatic carbocycles. The van der Waals surface area contributed by atoms with Gasteiger partial charge in [-0.25, -0.2) is 0 Å². The van der Waals surface area contributed by atoms with E-state index < -0.39 is 5.60 Å². The Hall–Kier alpha value is -0.0900. The molecular formula is C16H31BrO3. The third kappa shape index (κ3) is 10.7. The van der Waals surface area contributed by atoms with Gasteiger partial charge >= 0.3 is 5.97 Å². The lowest BCUT2D eigenvalue weighted by Gasteiger charge is -2.28. The number of hydrogen-bond acceptors (Lipinski definition) is 3. The lowest BCUT2D eigenvalue weighted by atomic mass is 9.84. The topological polar surface area (TPSA) is 35.5 Å². The van der Waals surface area contributed by atoms with E-state index in [4.69, 9.17) is 9.47 Å². The fraction of sp³-hybridized carbons (Fsp3) is 0.938. The van der Waals surface area contributed by atoms with Gasteiger partial charge in [0.15, 0.2) is 0 Å². The highest BCUT2D eigenvalue weighted by atomic mass is 79.9. The predicted molar refractivity (Wildman–Crippen MR) is 87.3 cm³/mol. The van der Waals surface area contributed by atoms with E-state index in [1.807, 2.05) is 20.8 Å². The lowest BCUT2D eigenvalue weighted by Crippen LogP contribution is -2.29. The Labute approximate surface area is 132 Å². The Morgan fingerprint density at radius 2 is 1.55 bits per heavy atom. The first kappa shape index (κ1) is 19.9. The molecule has 0 rings (SSSR count). The van der Waals surface area contributed by atoms with Crippen LogP contribution in [0.4, 0.5) is 0 Å². The number of esters is 1. The van der Waals surface area contributed by atoms with Crippen molar-refractivity contribution in [1.29, 1.82) is 0 Å². The quantitative estimate of drug-likeness (QED) is 0.469. The first-order chi connectivity index (χ1) is 8.87. The minimum atomic E-state index is -0.399. The second kappa shape index (κ2) is 7.79. The van der Waals surface area contributed by atoms with Gasteiger partial charge in [-0.2, -0.15) is 0 Å². The molecule has 0 atom stereocenters. The smallest absolute Gasteiger partial charge is 0.306 e. The summed E-state index contributed by atoms with van der Waals surface area (Å²) in [5.41, 5.74) is -0.454. The van der Waals surface area contributed by atoms with Crippen molar-refractivity contribution in [2.24, 2.45) is 5.41 Å². The SMILES string of the molecule is CC(C)(CCOC(C)(C)CBr)CCC(=O)OC(C)(C)C. The van der Waals surface area contributed by atoms with Crippen LogP contribution in [-0.2, 0) is 14.3 Å². The number of halogens is 1. The zero-order valence-corrected chi connectivity index (χ0v) is 15.7. The molecule has 0 saturated heterocycles. The van der Waals surface area contributed by atoms with Gasteiger partial charge in [0.25, 0.3) is 0 Å². The summed E-state index contributed by atoms with van der Waals surface area (Å²) in [4.78, 5) is 11.7. The molecule has 0 saturated carbocycles. The number of alkyl halides is 1. The minimum absolute atomic E-state index is 0.0826. The summed E-state index contributed by atoms with van der Waals surface area (Å²) in [6.07, 6.45) is 2.22. The predicted octanol–water partition coefficient (Wildman–Crippen LogP) is 4.71. The summed E-state index contributed by atoms with van der Waals surface area (Å²) < 4.78 is 11.2. The van der Waals surface area contributed by atoms with Crippen LogP contribution in [-0.4, -0.2) is 29.1 Å². The molecule has 0 aliphatic heterocycles. The summed E-state index contributed by atoms with van der Waals surface area (Å²) in [5, 5.41) is 0.818. The zero-order valence-electron chi connectivity index (χ0n) is 14.1. The number of rotatable bonds is 8. The van der Waals surface area contributed by atoms with E-state index in [2.05, 4.69) is 43.6 Å². The average molecular weight is 351 g/mol. The Morgan fingerprint density at radius 3 is 2.00 bits per heavy atom. The molecule has 0 aromatic rings. The van der Waals surface area contributed by atoms with Gasteiger partial charge in [0, 0.05) is 18.4 Å². The standard InChI is InChI=1S/C16H31BrO3/c1-14(2,3)20-13(18)8-9-15(4,5)10-11-19-16(6,7)12-17/h8-12H2,1-7H3. The van der Waals surface area contributed by atoms with Crippen molar-refractivity contribution in [2.75, 3.05) is 11.9 Å². The Balaban J connectivity index is 4.04. The van der Waals surface area contributed by atoms with Crippen LogP contribution < -0.4 is 0 Å². The third-order valence-electron chi connectivity index (χ3n) is 3.02. The first-order valence-corrected chi connectivity index (χ1v) is 8.41. The summed E-state index contributed by atoms with van der Waals surface area (Å²) in [6, 6.07) is 0. The molecule has 0 bridgehead atoms. The van der Waals surface area contributed by atoms with Gasteiger partial charge in [-0.3, -0.25) is 4.79 Å². The molecule has 0 unspecified atom stereocenters. The van der Waals surface area contributed by atoms with Crippen LogP contribution in [0.3, 0.4) is 0 Å². The van der Waals surface area contributed by atoms with Crippen LogP contribution in [0.15, 0.2) is 0 Å². The van der Waals surface area contributed by atoms with Crippen molar-refractivity contribution < 1.29 is 14.3 Å². The molecule has 0 aromatic heterocycles. The van der Waals surface area contributed by atoms with Crippen molar-refractivity contribution >= 4 is 21.9 Å². The van der Waals surface area contributed by atoms with E-state index in [1.54, 1.807) is 0 Å². The molecule has 4 heteroatoms. The summed E-state index contributed by atoms with van der Waals surface area (Å²) in [5.74, 6) is -0.118. The Morgan fingerprint density at radius 1 is 1.00 bits per heavy atom. The largest absolute Gasteiger partial charge is 0.460 e. The normalized spacial score (nSPS) is 13.4. The number of hydrogen-bond donors (Lipinski definition) is 0. The van der Waals surface area contributed by atoms with Crippen molar-refractivity contribution in [1.82, 2.24) is 0 Å². The molecule has 0 aromatic carbocycles. The van der Waals surface area contributed by atoms with Gasteiger partial charge < -0.3 is 9.47 Å². The molecule has 0 spiro atoms. The highest BCUT2D eigenvalue weighted by molar-refractivity contribution is 9.09. The molecule has 120 valence electrons. The van der Waals surface area contributed by atoms with Crippen LogP contribution in [0.1, 0.15) is 67.7 Å². The average Bonchev–Trinajstić information content (AvgIpc) is 2.24. The van der Waals surface area contributed by atoms with Gasteiger partial charge in [0.1, 0.15) is 5.60 Å². The van der Waals surface area contributed by atoms with Crippen LogP contribution >= 0.6 is 15.9 Å². The van der Waals surface area contributed by atoms with Crippen LogP contribution in [0, 0.1) is 5.41 Å². The van der Waals surface area contributed by atoms with Gasteiger partial charge in [0.05, 0.1) is 5.60 Å². The molecule has 0 aliphatic rings. The lowest BCUT2D eigenvalue weighted by molar-refractivity contribution is -0.155. The molecule has 0 radical (unpaired) electrons. The number of carbonyl (C=O) groups is 1. The molecule has 20 heavy (non-hydrogen) atoms. The van der Waals surface area contributed by atoms with Crippen molar-refractivity contribution in [3.63, 3.8) is 0 Å².